The Morgan fingerprint density at radius 2 is 1.00 bits per heavy atom. The lowest BCUT2D eigenvalue weighted by molar-refractivity contribution is 0.824. The van der Waals surface area contributed by atoms with Crippen LogP contribution in [0.1, 0.15) is 7.43 Å². The zero-order chi connectivity index (χ0) is 0. The van der Waals surface area contributed by atoms with E-state index in [1.54, 1.807) is 0 Å². The monoisotopic (exact) mass is 130 g/mol. The van der Waals surface area contributed by atoms with Crippen LogP contribution in [0.2, 0.25) is 0 Å². The molecule has 1 unspecified atom stereocenters. The summed E-state index contributed by atoms with van der Waals surface area (Å²) < 4.78 is 0. The van der Waals surface area contributed by atoms with Gasteiger partial charge in [-0.2, -0.15) is 23.4 Å². The lowest BCUT2D eigenvalue weighted by Gasteiger charge is -0.412. The normalized spacial score (nSPS) is 0. The lowest BCUT2D eigenvalue weighted by atomic mass is 12.0. The fourth-order valence-corrected chi connectivity index (χ4v) is 0. The van der Waals surface area contributed by atoms with Crippen LogP contribution in [0.3, 0.4) is 0 Å². The van der Waals surface area contributed by atoms with Gasteiger partial charge in [-0.1, -0.05) is 7.43 Å². The van der Waals surface area contributed by atoms with Crippen molar-refractivity contribution in [2.45, 2.75) is 7.43 Å². The second kappa shape index (κ2) is 84.8. The predicted molar refractivity (Wildman–Crippen MR) is 37.6 cm³/mol. The van der Waals surface area contributed by atoms with Gasteiger partial charge < -0.3 is 5.48 Å². The molecule has 4 heteroatoms. The summed E-state index contributed by atoms with van der Waals surface area (Å²) in [6.45, 7) is 0. The molecular weight excluding hydrogens is 119 g/mol. The highest BCUT2D eigenvalue weighted by Gasteiger charge is 0.0000274. The van der Waals surface area contributed by atoms with Gasteiger partial charge >= 0.3 is 0 Å². The molecule has 2 N–H and O–H groups in total. The van der Waals surface area contributed by atoms with Gasteiger partial charge in [-0.05, 0) is 0 Å². The van der Waals surface area contributed by atoms with Crippen LogP contribution in [-0.2, 0) is 0 Å². The van der Waals surface area contributed by atoms with Crippen LogP contribution in [0.5, 0.6) is 0 Å². The Morgan fingerprint density at radius 1 is 1.00 bits per heavy atom. The Morgan fingerprint density at radius 3 is 1.00 bits per heavy atom. The van der Waals surface area contributed by atoms with Gasteiger partial charge in [0.05, 0.1) is 0 Å². The first-order chi connectivity index (χ1) is 0. The Balaban J connectivity index is 0. The third kappa shape index (κ3) is 47.3. The van der Waals surface area contributed by atoms with Crippen molar-refractivity contribution >= 4 is 34.4 Å². The average Bonchev–Trinajstić information content (AvgIpc) is 0. The van der Waals surface area contributed by atoms with Gasteiger partial charge in [-0.15, -0.1) is 0 Å². The summed E-state index contributed by atoms with van der Waals surface area (Å²) in [5.74, 6) is 0. The molecule has 4 radical (unpaired) electrons. The van der Waals surface area contributed by atoms with Crippen LogP contribution >= 0.6 is 23.4 Å². The van der Waals surface area contributed by atoms with Crippen molar-refractivity contribution in [1.82, 2.24) is 0 Å². The van der Waals surface area contributed by atoms with Gasteiger partial charge in [0, 0.05) is 11.0 Å². The molecule has 0 aromatic carbocycles. The van der Waals surface area contributed by atoms with Crippen molar-refractivity contribution in [2.75, 3.05) is 0 Å². The van der Waals surface area contributed by atoms with Crippen molar-refractivity contribution in [2.24, 2.45) is 0 Å². The van der Waals surface area contributed by atoms with Gasteiger partial charge in [-0.25, -0.2) is 0 Å². The molecule has 5 heavy (non-hydrogen) atoms. The molecule has 0 aliphatic carbocycles. The summed E-state index contributed by atoms with van der Waals surface area (Å²) in [5, 5.41) is 0. The number of rotatable bonds is 0. The molecule has 0 heterocycles. The highest BCUT2D eigenvalue weighted by Crippen LogP contribution is 0.861. The maximum absolute atomic E-state index is 0. The third-order valence-corrected chi connectivity index (χ3v) is 0. The molecule has 0 aromatic rings. The molecule has 0 spiro atoms. The van der Waals surface area contributed by atoms with E-state index >= 15 is 0 Å². The smallest absolute Gasteiger partial charge is 0 e. The molecule has 0 saturated carbocycles. The highest BCUT2D eigenvalue weighted by molar-refractivity contribution is 7.59. The van der Waals surface area contributed by atoms with Crippen LogP contribution in [0.15, 0.2) is 0 Å². The van der Waals surface area contributed by atoms with Crippen LogP contribution in [0.25, 0.3) is 0 Å². The van der Waals surface area contributed by atoms with E-state index in [0.29, 0.717) is 0 Å². The number of hydrogen-bond donors (Lipinski definition) is 0. The zero-order valence-electron chi connectivity index (χ0n) is 2.21. The molecule has 36 valence electrons. The van der Waals surface area contributed by atoms with Crippen molar-refractivity contribution < 1.29 is 5.48 Å². The van der Waals surface area contributed by atoms with Gasteiger partial charge in [0.1, 0.15) is 0 Å². The molecule has 0 amide bonds. The average molecular weight is 130 g/mol. The molecule has 0 aliphatic rings. The van der Waals surface area contributed by atoms with Gasteiger partial charge in [0.25, 0.3) is 0 Å². The Hall–Kier alpha value is 0.957. The molecule has 1 nitrogen and oxygen atoms in total. The first-order valence-corrected chi connectivity index (χ1v) is 0. The van der Waals surface area contributed by atoms with Crippen LogP contribution in [0, 0.1) is 0 Å². The fraction of sp³-hybridized carbons (Fsp3) is 1.00. The highest BCUT2D eigenvalue weighted by atomic mass is 32.1. The van der Waals surface area contributed by atoms with Gasteiger partial charge in [0.15, 0.2) is 0 Å². The number of hydrogen-bond acceptors (Lipinski definition) is 0. The van der Waals surface area contributed by atoms with E-state index in [2.05, 4.69) is 0 Å². The maximum Gasteiger partial charge on any atom is 0 e. The van der Waals surface area contributed by atoms with Crippen LogP contribution in [0.4, 0.5) is 0 Å². The summed E-state index contributed by atoms with van der Waals surface area (Å²) in [6, 6.07) is 0. The molecule has 0 rings (SSSR count). The first kappa shape index (κ1) is 160. The minimum atomic E-state index is 0. The van der Waals surface area contributed by atoms with E-state index in [0.717, 1.165) is 0 Å². The fourth-order valence-electron chi connectivity index (χ4n) is 0. The second-order valence-electron chi connectivity index (χ2n) is 0. The van der Waals surface area contributed by atoms with Crippen molar-refractivity contribution in [3.8, 4) is 0 Å². The molecule has 1 atom stereocenters. The topological polar surface area (TPSA) is 31.5 Å². The molecule has 0 saturated heterocycles. The van der Waals surface area contributed by atoms with Crippen molar-refractivity contribution in [1.29, 1.82) is 0 Å². The predicted octanol–water partition coefficient (Wildman–Crippen LogP) is -0.399. The molecular formula is CH11OPSSi. The SMILES string of the molecule is C.O.P.S.[Si]. The summed E-state index contributed by atoms with van der Waals surface area (Å²) in [4.78, 5) is 0. The van der Waals surface area contributed by atoms with Gasteiger partial charge in [0.2, 0.25) is 0 Å². The summed E-state index contributed by atoms with van der Waals surface area (Å²) >= 11 is 0. The van der Waals surface area contributed by atoms with Gasteiger partial charge in [-0.3, -0.25) is 0 Å². The van der Waals surface area contributed by atoms with Crippen molar-refractivity contribution in [3.63, 3.8) is 0 Å². The maximum atomic E-state index is 0. The van der Waals surface area contributed by atoms with E-state index < -0.39 is 0 Å². The molecule has 0 bridgehead atoms. The quantitative estimate of drug-likeness (QED) is 0.316. The van der Waals surface area contributed by atoms with Crippen molar-refractivity contribution in [3.05, 3.63) is 0 Å². The standard InChI is InChI=1S/CH4.H2O.H3P.H2S.Si/h1H4;1H2;1H3;1H2;. The van der Waals surface area contributed by atoms with E-state index in [1.165, 1.54) is 0 Å². The minimum absolute atomic E-state index is 0. The summed E-state index contributed by atoms with van der Waals surface area (Å²) in [6.07, 6.45) is 0. The van der Waals surface area contributed by atoms with E-state index in [9.17, 15) is 0 Å². The lowest BCUT2D eigenvalue weighted by Crippen LogP contribution is -0.381. The minimum Gasteiger partial charge on any atom is -0.412 e. The Kier molecular flexibility index (Phi) is 2710. The summed E-state index contributed by atoms with van der Waals surface area (Å²) in [5.41, 5.74) is 0. The molecule has 0 fully saturated rings. The summed E-state index contributed by atoms with van der Waals surface area (Å²) in [7, 11) is 0. The van der Waals surface area contributed by atoms with Crippen LogP contribution < -0.4 is 0 Å². The largest absolute Gasteiger partial charge is 0.412 e. The Labute approximate surface area is 47.9 Å². The molecule has 0 aromatic heterocycles. The second-order valence-corrected chi connectivity index (χ2v) is 0. The van der Waals surface area contributed by atoms with Crippen LogP contribution in [-0.4, -0.2) is 16.4 Å². The molecule has 0 aliphatic heterocycles. The van der Waals surface area contributed by atoms with E-state index in [1.807, 2.05) is 0 Å². The van der Waals surface area contributed by atoms with E-state index in [-0.39, 0.29) is 47.3 Å². The zero-order valence-corrected chi connectivity index (χ0v) is 5.62. The van der Waals surface area contributed by atoms with E-state index in [4.69, 9.17) is 0 Å². The first-order valence-electron chi connectivity index (χ1n) is 0. The third-order valence-electron chi connectivity index (χ3n) is 0. The Bertz CT molecular complexity index is 11.6.